The van der Waals surface area contributed by atoms with Gasteiger partial charge in [-0.25, -0.2) is 14.0 Å². The van der Waals surface area contributed by atoms with Gasteiger partial charge in [0, 0.05) is 5.92 Å². The molecule has 0 N–H and O–H groups in total. The molecule has 4 atom stereocenters. The van der Waals surface area contributed by atoms with Gasteiger partial charge in [0.2, 0.25) is 0 Å². The summed E-state index contributed by atoms with van der Waals surface area (Å²) >= 11 is 0. The number of methoxy groups -OCH3 is 1. The van der Waals surface area contributed by atoms with Crippen molar-refractivity contribution in [3.8, 4) is 0 Å². The SMILES string of the molecule is COC(=O)[C@](C)(F)C(=O)O[C@@H]1C[C@H](C)CC[C@H]1C(C)(C)c1ccccc1. The van der Waals surface area contributed by atoms with E-state index in [0.717, 1.165) is 32.4 Å². The maximum Gasteiger partial charge on any atom is 0.355 e. The Morgan fingerprint density at radius 3 is 2.27 bits per heavy atom. The molecule has 1 aromatic rings. The first kappa shape index (κ1) is 20.4. The number of benzene rings is 1. The maximum atomic E-state index is 14.5. The highest BCUT2D eigenvalue weighted by Crippen LogP contribution is 2.44. The van der Waals surface area contributed by atoms with Crippen LogP contribution in [0.2, 0.25) is 0 Å². The molecule has 0 bridgehead atoms. The third kappa shape index (κ3) is 4.08. The van der Waals surface area contributed by atoms with Gasteiger partial charge in [-0.05, 0) is 36.7 Å². The van der Waals surface area contributed by atoms with Gasteiger partial charge in [0.05, 0.1) is 7.11 Å². The van der Waals surface area contributed by atoms with E-state index >= 15 is 0 Å². The van der Waals surface area contributed by atoms with Crippen molar-refractivity contribution in [2.24, 2.45) is 11.8 Å². The molecular weight excluding hydrogens is 335 g/mol. The van der Waals surface area contributed by atoms with Gasteiger partial charge in [-0.2, -0.15) is 0 Å². The molecule has 0 unspecified atom stereocenters. The average molecular weight is 364 g/mol. The fraction of sp³-hybridized carbons (Fsp3) is 0.619. The van der Waals surface area contributed by atoms with E-state index in [2.05, 4.69) is 37.6 Å². The van der Waals surface area contributed by atoms with Crippen LogP contribution >= 0.6 is 0 Å². The number of esters is 2. The second-order valence-corrected chi connectivity index (χ2v) is 8.05. The van der Waals surface area contributed by atoms with Crippen LogP contribution in [0.3, 0.4) is 0 Å². The molecular formula is C21H29FO4. The molecule has 1 saturated carbocycles. The van der Waals surface area contributed by atoms with Gasteiger partial charge in [-0.3, -0.25) is 0 Å². The molecule has 1 aromatic carbocycles. The van der Waals surface area contributed by atoms with Crippen molar-refractivity contribution in [2.75, 3.05) is 7.11 Å². The summed E-state index contributed by atoms with van der Waals surface area (Å²) in [4.78, 5) is 23.9. The zero-order chi connectivity index (χ0) is 19.5. The Hall–Kier alpha value is -1.91. The highest BCUT2D eigenvalue weighted by Gasteiger charge is 2.48. The number of hydrogen-bond donors (Lipinski definition) is 0. The van der Waals surface area contributed by atoms with Crippen LogP contribution in [0.15, 0.2) is 30.3 Å². The van der Waals surface area contributed by atoms with Crippen molar-refractivity contribution in [3.05, 3.63) is 35.9 Å². The summed E-state index contributed by atoms with van der Waals surface area (Å²) in [7, 11) is 1.05. The minimum Gasteiger partial charge on any atom is -0.466 e. The second-order valence-electron chi connectivity index (χ2n) is 8.05. The van der Waals surface area contributed by atoms with Crippen LogP contribution in [0.1, 0.15) is 52.5 Å². The lowest BCUT2D eigenvalue weighted by atomic mass is 9.64. The van der Waals surface area contributed by atoms with Gasteiger partial charge in [0.25, 0.3) is 5.67 Å². The third-order valence-corrected chi connectivity index (χ3v) is 5.71. The van der Waals surface area contributed by atoms with E-state index in [1.54, 1.807) is 0 Å². The molecule has 0 radical (unpaired) electrons. The summed E-state index contributed by atoms with van der Waals surface area (Å²) < 4.78 is 24.5. The molecule has 1 aliphatic rings. The number of alkyl halides is 1. The summed E-state index contributed by atoms with van der Waals surface area (Å²) in [6, 6.07) is 10.1. The molecule has 1 fully saturated rings. The fourth-order valence-corrected chi connectivity index (χ4v) is 3.89. The quantitative estimate of drug-likeness (QED) is 0.580. The van der Waals surface area contributed by atoms with Gasteiger partial charge in [0.15, 0.2) is 0 Å². The van der Waals surface area contributed by atoms with Gasteiger partial charge >= 0.3 is 11.9 Å². The van der Waals surface area contributed by atoms with Crippen molar-refractivity contribution in [2.45, 2.75) is 64.1 Å². The first-order valence-corrected chi connectivity index (χ1v) is 9.14. The Bertz CT molecular complexity index is 639. The Balaban J connectivity index is 2.26. The smallest absolute Gasteiger partial charge is 0.355 e. The Morgan fingerprint density at radius 2 is 1.69 bits per heavy atom. The predicted octanol–water partition coefficient (Wildman–Crippen LogP) is 4.21. The minimum absolute atomic E-state index is 0.0403. The molecule has 0 saturated heterocycles. The van der Waals surface area contributed by atoms with E-state index in [0.29, 0.717) is 12.3 Å². The standard InChI is InChI=1S/C21H29FO4/c1-14-11-12-16(20(2,3)15-9-7-6-8-10-15)17(13-14)26-19(24)21(4,22)18(23)25-5/h6-10,14,16-17H,11-13H2,1-5H3/t14-,16-,17-,21+/m1/s1. The summed E-state index contributed by atoms with van der Waals surface area (Å²) in [6.07, 6.45) is 2.12. The number of ether oxygens (including phenoxy) is 2. The lowest BCUT2D eigenvalue weighted by Crippen LogP contribution is -2.48. The van der Waals surface area contributed by atoms with Crippen LogP contribution in [-0.4, -0.2) is 30.8 Å². The zero-order valence-electron chi connectivity index (χ0n) is 16.3. The fourth-order valence-electron chi connectivity index (χ4n) is 3.89. The lowest BCUT2D eigenvalue weighted by Gasteiger charge is -2.44. The molecule has 4 nitrogen and oxygen atoms in total. The average Bonchev–Trinajstić information content (AvgIpc) is 2.61. The van der Waals surface area contributed by atoms with E-state index < -0.39 is 23.7 Å². The summed E-state index contributed by atoms with van der Waals surface area (Å²) in [5.41, 5.74) is -1.89. The monoisotopic (exact) mass is 364 g/mol. The largest absolute Gasteiger partial charge is 0.466 e. The summed E-state index contributed by atoms with van der Waals surface area (Å²) in [5, 5.41) is 0. The van der Waals surface area contributed by atoms with Gasteiger partial charge in [0.1, 0.15) is 6.10 Å². The first-order chi connectivity index (χ1) is 12.1. The molecule has 0 heterocycles. The number of carbonyl (C=O) groups is 2. The highest BCUT2D eigenvalue weighted by molar-refractivity contribution is 6.02. The van der Waals surface area contributed by atoms with E-state index in [1.165, 1.54) is 0 Å². The predicted molar refractivity (Wildman–Crippen MR) is 97.4 cm³/mol. The highest BCUT2D eigenvalue weighted by atomic mass is 19.1. The Kier molecular flexibility index (Phi) is 6.09. The van der Waals surface area contributed by atoms with Gasteiger partial charge in [-0.15, -0.1) is 0 Å². The summed E-state index contributed by atoms with van der Waals surface area (Å²) in [5.74, 6) is -1.99. The van der Waals surface area contributed by atoms with Crippen LogP contribution in [0.5, 0.6) is 0 Å². The van der Waals surface area contributed by atoms with Crippen molar-refractivity contribution in [3.63, 3.8) is 0 Å². The number of carbonyl (C=O) groups excluding carboxylic acids is 2. The van der Waals surface area contributed by atoms with E-state index in [1.807, 2.05) is 18.2 Å². The van der Waals surface area contributed by atoms with Crippen molar-refractivity contribution >= 4 is 11.9 Å². The molecule has 26 heavy (non-hydrogen) atoms. The van der Waals surface area contributed by atoms with Gasteiger partial charge < -0.3 is 9.47 Å². The molecule has 2 rings (SSSR count). The first-order valence-electron chi connectivity index (χ1n) is 9.14. The number of hydrogen-bond acceptors (Lipinski definition) is 4. The van der Waals surface area contributed by atoms with Crippen molar-refractivity contribution in [1.82, 2.24) is 0 Å². The molecule has 0 amide bonds. The van der Waals surface area contributed by atoms with Gasteiger partial charge in [-0.1, -0.05) is 57.5 Å². The topological polar surface area (TPSA) is 52.6 Å². The number of rotatable bonds is 5. The second kappa shape index (κ2) is 7.77. The maximum absolute atomic E-state index is 14.5. The molecule has 0 aliphatic heterocycles. The Morgan fingerprint density at radius 1 is 1.08 bits per heavy atom. The van der Waals surface area contributed by atoms with Crippen LogP contribution in [0.25, 0.3) is 0 Å². The lowest BCUT2D eigenvalue weighted by molar-refractivity contribution is -0.179. The molecule has 0 spiro atoms. The Labute approximate surface area is 155 Å². The van der Waals surface area contributed by atoms with Crippen LogP contribution in [-0.2, 0) is 24.5 Å². The van der Waals surface area contributed by atoms with E-state index in [9.17, 15) is 14.0 Å². The van der Waals surface area contributed by atoms with Crippen LogP contribution in [0, 0.1) is 11.8 Å². The van der Waals surface area contributed by atoms with E-state index in [-0.39, 0.29) is 11.3 Å². The number of halogens is 1. The van der Waals surface area contributed by atoms with Crippen LogP contribution in [0.4, 0.5) is 4.39 Å². The molecule has 0 aromatic heterocycles. The van der Waals surface area contributed by atoms with Crippen LogP contribution < -0.4 is 0 Å². The normalized spacial score (nSPS) is 25.8. The molecule has 5 heteroatoms. The van der Waals surface area contributed by atoms with E-state index in [4.69, 9.17) is 4.74 Å². The minimum atomic E-state index is -2.79. The zero-order valence-corrected chi connectivity index (χ0v) is 16.3. The third-order valence-electron chi connectivity index (χ3n) is 5.71. The molecule has 1 aliphatic carbocycles. The summed E-state index contributed by atoms with van der Waals surface area (Å²) in [6.45, 7) is 7.24. The van der Waals surface area contributed by atoms with Crippen molar-refractivity contribution in [1.29, 1.82) is 0 Å². The molecule has 144 valence electrons. The van der Waals surface area contributed by atoms with Crippen molar-refractivity contribution < 1.29 is 23.5 Å².